The van der Waals surface area contributed by atoms with Gasteiger partial charge in [0, 0.05) is 29.9 Å². The van der Waals surface area contributed by atoms with Crippen LogP contribution in [0.1, 0.15) is 45.9 Å². The minimum atomic E-state index is -3.57. The van der Waals surface area contributed by atoms with E-state index >= 15 is 0 Å². The minimum absolute atomic E-state index is 0.125. The van der Waals surface area contributed by atoms with Crippen molar-refractivity contribution in [1.82, 2.24) is 9.21 Å². The quantitative estimate of drug-likeness (QED) is 0.601. The van der Waals surface area contributed by atoms with Crippen LogP contribution >= 0.6 is 0 Å². The molecule has 3 aromatic rings. The molecule has 180 valence electrons. The molecule has 35 heavy (non-hydrogen) atoms. The van der Waals surface area contributed by atoms with E-state index in [1.807, 2.05) is 55.5 Å². The standard InChI is InChI=1S/C27H27N3O4S/c1-19-9-14-24-23(17-19)26(20-7-3-2-4-8-20)30(18-25(31)28-24)27(32)21-10-12-22(13-11-21)35(33,34)29-15-5-6-16-29/h2-4,7-14,17,26H,5-6,15-16,18H2,1H3,(H,28,31)/t26-/m1/s1. The smallest absolute Gasteiger partial charge is 0.255 e. The number of rotatable bonds is 4. The normalized spacial score (nSPS) is 18.6. The molecule has 5 rings (SSSR count). The molecule has 0 bridgehead atoms. The second-order valence-corrected chi connectivity index (χ2v) is 11.0. The highest BCUT2D eigenvalue weighted by atomic mass is 32.2. The van der Waals surface area contributed by atoms with Crippen LogP contribution in [-0.4, -0.2) is 49.1 Å². The zero-order valence-electron chi connectivity index (χ0n) is 19.5. The first-order chi connectivity index (χ1) is 16.8. The van der Waals surface area contributed by atoms with Gasteiger partial charge in [-0.2, -0.15) is 4.31 Å². The van der Waals surface area contributed by atoms with Crippen molar-refractivity contribution in [3.8, 4) is 0 Å². The summed E-state index contributed by atoms with van der Waals surface area (Å²) in [4.78, 5) is 28.3. The number of hydrogen-bond donors (Lipinski definition) is 1. The molecule has 7 nitrogen and oxygen atoms in total. The van der Waals surface area contributed by atoms with Crippen molar-refractivity contribution in [2.45, 2.75) is 30.7 Å². The molecule has 0 unspecified atom stereocenters. The van der Waals surface area contributed by atoms with Gasteiger partial charge in [0.15, 0.2) is 0 Å². The fourth-order valence-corrected chi connectivity index (χ4v) is 6.34. The van der Waals surface area contributed by atoms with Gasteiger partial charge in [-0.1, -0.05) is 48.0 Å². The molecule has 0 spiro atoms. The lowest BCUT2D eigenvalue weighted by atomic mass is 9.94. The van der Waals surface area contributed by atoms with E-state index in [0.717, 1.165) is 29.5 Å². The number of aryl methyl sites for hydroxylation is 1. The molecular weight excluding hydrogens is 462 g/mol. The fraction of sp³-hybridized carbons (Fsp3) is 0.259. The van der Waals surface area contributed by atoms with Crippen molar-refractivity contribution in [2.24, 2.45) is 0 Å². The van der Waals surface area contributed by atoms with Crippen LogP contribution in [0.25, 0.3) is 0 Å². The zero-order chi connectivity index (χ0) is 24.6. The number of sulfonamides is 1. The van der Waals surface area contributed by atoms with Gasteiger partial charge in [0.05, 0.1) is 10.9 Å². The molecule has 1 saturated heterocycles. The molecule has 1 N–H and O–H groups in total. The van der Waals surface area contributed by atoms with E-state index < -0.39 is 16.1 Å². The molecular formula is C27H27N3O4S. The van der Waals surface area contributed by atoms with Crippen molar-refractivity contribution >= 4 is 27.5 Å². The molecule has 2 heterocycles. The Labute approximate surface area is 205 Å². The van der Waals surface area contributed by atoms with Crippen molar-refractivity contribution in [1.29, 1.82) is 0 Å². The maximum atomic E-state index is 13.8. The zero-order valence-corrected chi connectivity index (χ0v) is 20.3. The summed E-state index contributed by atoms with van der Waals surface area (Å²) in [6.45, 7) is 2.88. The largest absolute Gasteiger partial charge is 0.324 e. The molecule has 0 aliphatic carbocycles. The van der Waals surface area contributed by atoms with E-state index in [0.29, 0.717) is 24.3 Å². The maximum Gasteiger partial charge on any atom is 0.255 e. The highest BCUT2D eigenvalue weighted by molar-refractivity contribution is 7.89. The van der Waals surface area contributed by atoms with Gasteiger partial charge in [0.25, 0.3) is 5.91 Å². The Morgan fingerprint density at radius 3 is 2.31 bits per heavy atom. The summed E-state index contributed by atoms with van der Waals surface area (Å²) in [5.74, 6) is -0.622. The number of fused-ring (bicyclic) bond motifs is 1. The van der Waals surface area contributed by atoms with Crippen molar-refractivity contribution in [3.05, 3.63) is 95.1 Å². The third kappa shape index (κ3) is 4.47. The third-order valence-corrected chi connectivity index (χ3v) is 8.49. The Morgan fingerprint density at radius 2 is 1.63 bits per heavy atom. The van der Waals surface area contributed by atoms with Crippen LogP contribution in [0, 0.1) is 6.92 Å². The van der Waals surface area contributed by atoms with Gasteiger partial charge in [0.1, 0.15) is 6.54 Å². The molecule has 1 fully saturated rings. The highest BCUT2D eigenvalue weighted by Crippen LogP contribution is 2.37. The lowest BCUT2D eigenvalue weighted by Gasteiger charge is -2.31. The number of hydrogen-bond acceptors (Lipinski definition) is 4. The number of benzene rings is 3. The van der Waals surface area contributed by atoms with Crippen LogP contribution in [0.4, 0.5) is 5.69 Å². The van der Waals surface area contributed by atoms with Crippen molar-refractivity contribution in [3.63, 3.8) is 0 Å². The lowest BCUT2D eigenvalue weighted by molar-refractivity contribution is -0.117. The van der Waals surface area contributed by atoms with E-state index in [9.17, 15) is 18.0 Å². The predicted octanol–water partition coefficient (Wildman–Crippen LogP) is 3.96. The van der Waals surface area contributed by atoms with Gasteiger partial charge in [0.2, 0.25) is 15.9 Å². The van der Waals surface area contributed by atoms with Gasteiger partial charge >= 0.3 is 0 Å². The van der Waals surface area contributed by atoms with E-state index in [-0.39, 0.29) is 23.3 Å². The van der Waals surface area contributed by atoms with Gasteiger partial charge in [-0.05, 0) is 55.7 Å². The van der Waals surface area contributed by atoms with Crippen molar-refractivity contribution in [2.75, 3.05) is 25.0 Å². The van der Waals surface area contributed by atoms with E-state index in [2.05, 4.69) is 5.32 Å². The van der Waals surface area contributed by atoms with Crippen molar-refractivity contribution < 1.29 is 18.0 Å². The Balaban J connectivity index is 1.54. The third-order valence-electron chi connectivity index (χ3n) is 6.58. The maximum absolute atomic E-state index is 13.8. The Bertz CT molecular complexity index is 1370. The summed E-state index contributed by atoms with van der Waals surface area (Å²) >= 11 is 0. The van der Waals surface area contributed by atoms with Gasteiger partial charge in [-0.25, -0.2) is 8.42 Å². The summed E-state index contributed by atoms with van der Waals surface area (Å²) in [5, 5.41) is 2.93. The van der Waals surface area contributed by atoms with Crippen LogP contribution in [-0.2, 0) is 14.8 Å². The van der Waals surface area contributed by atoms with Crippen LogP contribution in [0.5, 0.6) is 0 Å². The molecule has 8 heteroatoms. The van der Waals surface area contributed by atoms with Gasteiger partial charge in [-0.3, -0.25) is 9.59 Å². The number of amides is 2. The number of carbonyl (C=O) groups is 2. The first-order valence-corrected chi connectivity index (χ1v) is 13.1. The molecule has 2 aliphatic heterocycles. The fourth-order valence-electron chi connectivity index (χ4n) is 4.82. The molecule has 0 aromatic heterocycles. The molecule has 0 saturated carbocycles. The molecule has 1 atom stereocenters. The van der Waals surface area contributed by atoms with E-state index in [4.69, 9.17) is 0 Å². The second kappa shape index (κ2) is 9.28. The van der Waals surface area contributed by atoms with Gasteiger partial charge in [-0.15, -0.1) is 0 Å². The summed E-state index contributed by atoms with van der Waals surface area (Å²) in [6, 6.07) is 20.9. The molecule has 0 radical (unpaired) electrons. The Morgan fingerprint density at radius 1 is 0.943 bits per heavy atom. The average Bonchev–Trinajstić information content (AvgIpc) is 3.37. The monoisotopic (exact) mass is 489 g/mol. The summed E-state index contributed by atoms with van der Waals surface area (Å²) in [6.07, 6.45) is 1.71. The van der Waals surface area contributed by atoms with Crippen LogP contribution in [0.2, 0.25) is 0 Å². The second-order valence-electron chi connectivity index (χ2n) is 9.02. The Hall–Kier alpha value is -3.49. The topological polar surface area (TPSA) is 86.8 Å². The number of nitrogens with zero attached hydrogens (tertiary/aromatic N) is 2. The first kappa shape index (κ1) is 23.3. The summed E-state index contributed by atoms with van der Waals surface area (Å²) in [7, 11) is -3.57. The summed E-state index contributed by atoms with van der Waals surface area (Å²) in [5.41, 5.74) is 3.75. The van der Waals surface area contributed by atoms with Crippen LogP contribution in [0.15, 0.2) is 77.7 Å². The molecule has 2 amide bonds. The van der Waals surface area contributed by atoms with Crippen LogP contribution < -0.4 is 5.32 Å². The number of carbonyl (C=O) groups excluding carboxylic acids is 2. The summed E-state index contributed by atoms with van der Waals surface area (Å²) < 4.78 is 27.3. The Kier molecular flexibility index (Phi) is 6.17. The highest BCUT2D eigenvalue weighted by Gasteiger charge is 2.34. The first-order valence-electron chi connectivity index (χ1n) is 11.7. The van der Waals surface area contributed by atoms with E-state index in [1.165, 1.54) is 28.6 Å². The molecule has 3 aromatic carbocycles. The predicted molar refractivity (Wildman–Crippen MR) is 134 cm³/mol. The SMILES string of the molecule is Cc1ccc2c(c1)[C@@H](c1ccccc1)N(C(=O)c1ccc(S(=O)(=O)N3CCCC3)cc1)CC(=O)N2. The van der Waals surface area contributed by atoms with Gasteiger partial charge < -0.3 is 10.2 Å². The number of nitrogens with one attached hydrogen (secondary N) is 1. The van der Waals surface area contributed by atoms with E-state index in [1.54, 1.807) is 4.90 Å². The number of anilines is 1. The molecule has 2 aliphatic rings. The lowest BCUT2D eigenvalue weighted by Crippen LogP contribution is -2.39. The minimum Gasteiger partial charge on any atom is -0.324 e. The average molecular weight is 490 g/mol. The van der Waals surface area contributed by atoms with Crippen LogP contribution in [0.3, 0.4) is 0 Å².